The molecule has 2 aromatic heterocycles. The minimum atomic E-state index is -0.143. The fourth-order valence-electron chi connectivity index (χ4n) is 6.19. The van der Waals surface area contributed by atoms with Gasteiger partial charge in [0.05, 0.1) is 39.2 Å². The Hall–Kier alpha value is -3.06. The number of aromatic nitrogens is 2. The Morgan fingerprint density at radius 1 is 0.900 bits per heavy atom. The van der Waals surface area contributed by atoms with Gasteiger partial charge in [-0.2, -0.15) is 0 Å². The number of anilines is 2. The highest BCUT2D eigenvalue weighted by Crippen LogP contribution is 2.45. The summed E-state index contributed by atoms with van der Waals surface area (Å²) in [4.78, 5) is 9.32. The molecule has 5 nitrogen and oxygen atoms in total. The van der Waals surface area contributed by atoms with E-state index in [1.54, 1.807) is 0 Å². The number of nitrogens with zero attached hydrogens (tertiary/aromatic N) is 4. The van der Waals surface area contributed by atoms with Crippen LogP contribution >= 0.6 is 35.4 Å². The first-order valence-electron chi connectivity index (χ1n) is 13.8. The molecule has 0 unspecified atom stereocenters. The molecule has 4 heterocycles. The van der Waals surface area contributed by atoms with Crippen molar-refractivity contribution < 1.29 is 0 Å². The lowest BCUT2D eigenvalue weighted by atomic mass is 9.96. The van der Waals surface area contributed by atoms with Gasteiger partial charge in [-0.1, -0.05) is 48.3 Å². The minimum absolute atomic E-state index is 0.136. The van der Waals surface area contributed by atoms with Crippen LogP contribution in [0.4, 0.5) is 11.4 Å². The number of hydrogen-bond acceptors (Lipinski definition) is 3. The lowest BCUT2D eigenvalue weighted by Crippen LogP contribution is -2.33. The Morgan fingerprint density at radius 3 is 2.35 bits per heavy atom. The smallest absolute Gasteiger partial charge is 0.174 e. The Kier molecular flexibility index (Phi) is 7.51. The zero-order chi connectivity index (χ0) is 28.0. The second-order valence-corrected chi connectivity index (χ2v) is 12.1. The summed E-state index contributed by atoms with van der Waals surface area (Å²) in [6.45, 7) is 8.65. The van der Waals surface area contributed by atoms with Gasteiger partial charge in [-0.3, -0.25) is 4.98 Å². The van der Waals surface area contributed by atoms with Gasteiger partial charge in [0.1, 0.15) is 0 Å². The maximum atomic E-state index is 6.97. The Labute approximate surface area is 251 Å². The summed E-state index contributed by atoms with van der Waals surface area (Å²) in [6, 6.07) is 22.3. The zero-order valence-corrected chi connectivity index (χ0v) is 25.3. The van der Waals surface area contributed by atoms with Crippen LogP contribution in [-0.4, -0.2) is 27.8 Å². The number of para-hydroxylation sites is 1. The zero-order valence-electron chi connectivity index (χ0n) is 22.9. The molecule has 0 spiro atoms. The SMILES string of the molecule is Cc1cc([C@H]2[C@H](c3ccccn3)NC(=S)N2c2ccc(N3CCC(C)CC3)c(Cl)c2)c(C)n1-c1ccccc1Cl. The minimum Gasteiger partial charge on any atom is -0.370 e. The van der Waals surface area contributed by atoms with Gasteiger partial charge in [0.15, 0.2) is 5.11 Å². The monoisotopic (exact) mass is 589 g/mol. The van der Waals surface area contributed by atoms with E-state index in [1.807, 2.05) is 36.5 Å². The van der Waals surface area contributed by atoms with Gasteiger partial charge < -0.3 is 19.7 Å². The van der Waals surface area contributed by atoms with Gasteiger partial charge in [-0.15, -0.1) is 0 Å². The van der Waals surface area contributed by atoms with Crippen molar-refractivity contribution in [1.29, 1.82) is 0 Å². The number of rotatable bonds is 5. The largest absolute Gasteiger partial charge is 0.370 e. The number of halogens is 2. The highest BCUT2D eigenvalue weighted by atomic mass is 35.5. The summed E-state index contributed by atoms with van der Waals surface area (Å²) < 4.78 is 2.22. The van der Waals surface area contributed by atoms with Crippen LogP contribution in [0, 0.1) is 19.8 Å². The first-order valence-corrected chi connectivity index (χ1v) is 15.0. The van der Waals surface area contributed by atoms with Crippen LogP contribution in [-0.2, 0) is 0 Å². The van der Waals surface area contributed by atoms with Crippen molar-refractivity contribution in [1.82, 2.24) is 14.9 Å². The van der Waals surface area contributed by atoms with Crippen molar-refractivity contribution in [3.63, 3.8) is 0 Å². The molecule has 0 saturated carbocycles. The highest BCUT2D eigenvalue weighted by molar-refractivity contribution is 7.80. The lowest BCUT2D eigenvalue weighted by Gasteiger charge is -2.33. The van der Waals surface area contributed by atoms with Gasteiger partial charge in [0.25, 0.3) is 0 Å². The van der Waals surface area contributed by atoms with Gasteiger partial charge in [-0.25, -0.2) is 0 Å². The van der Waals surface area contributed by atoms with Gasteiger partial charge >= 0.3 is 0 Å². The van der Waals surface area contributed by atoms with E-state index in [4.69, 9.17) is 40.4 Å². The lowest BCUT2D eigenvalue weighted by molar-refractivity contribution is 0.438. The Balaban J connectivity index is 1.45. The number of benzene rings is 2. The number of aryl methyl sites for hydroxylation is 1. The van der Waals surface area contributed by atoms with E-state index in [9.17, 15) is 0 Å². The number of thiocarbonyl (C=S) groups is 1. The highest BCUT2D eigenvalue weighted by Gasteiger charge is 2.42. The fourth-order valence-corrected chi connectivity index (χ4v) is 7.05. The second-order valence-electron chi connectivity index (χ2n) is 10.9. The summed E-state index contributed by atoms with van der Waals surface area (Å²) in [5, 5.41) is 5.69. The van der Waals surface area contributed by atoms with E-state index in [0.717, 1.165) is 63.7 Å². The van der Waals surface area contributed by atoms with E-state index in [-0.39, 0.29) is 12.1 Å². The molecule has 8 heteroatoms. The predicted octanol–water partition coefficient (Wildman–Crippen LogP) is 8.21. The normalized spacial score (nSPS) is 19.8. The van der Waals surface area contributed by atoms with Crippen molar-refractivity contribution in [2.24, 2.45) is 5.92 Å². The Bertz CT molecular complexity index is 1540. The molecule has 2 aliphatic rings. The average Bonchev–Trinajstić information content (AvgIpc) is 3.45. The van der Waals surface area contributed by atoms with Crippen LogP contribution in [0.2, 0.25) is 10.0 Å². The van der Waals surface area contributed by atoms with E-state index >= 15 is 0 Å². The standard InChI is InChI=1S/C32H33Cl2N5S/c1-20-13-16-37(17-14-20)28-12-11-23(19-26(28)34)39-31(30(36-32(39)40)27-9-6-7-15-35-27)24-18-21(2)38(22(24)3)29-10-5-4-8-25(29)33/h4-12,15,18-20,30-31H,13-14,16-17H2,1-3H3,(H,36,40)/t30-,31-/m0/s1. The fraction of sp³-hybridized carbons (Fsp3) is 0.312. The van der Waals surface area contributed by atoms with Crippen molar-refractivity contribution in [3.8, 4) is 5.69 Å². The molecule has 40 heavy (non-hydrogen) atoms. The molecule has 2 aromatic carbocycles. The summed E-state index contributed by atoms with van der Waals surface area (Å²) >= 11 is 19.6. The van der Waals surface area contributed by atoms with E-state index in [0.29, 0.717) is 10.1 Å². The van der Waals surface area contributed by atoms with E-state index < -0.39 is 0 Å². The molecule has 2 aliphatic heterocycles. The van der Waals surface area contributed by atoms with Crippen LogP contribution in [0.3, 0.4) is 0 Å². The third-order valence-electron chi connectivity index (χ3n) is 8.31. The Morgan fingerprint density at radius 2 is 1.65 bits per heavy atom. The number of pyridine rings is 1. The third kappa shape index (κ3) is 4.87. The van der Waals surface area contributed by atoms with Gasteiger partial charge in [-0.05, 0) is 98.9 Å². The first-order chi connectivity index (χ1) is 19.3. The van der Waals surface area contributed by atoms with Gasteiger partial charge in [0, 0.05) is 36.4 Å². The van der Waals surface area contributed by atoms with Crippen LogP contribution < -0.4 is 15.1 Å². The molecule has 6 rings (SSSR count). The van der Waals surface area contributed by atoms with E-state index in [2.05, 4.69) is 76.9 Å². The summed E-state index contributed by atoms with van der Waals surface area (Å²) in [7, 11) is 0. The van der Waals surface area contributed by atoms with Gasteiger partial charge in [0.2, 0.25) is 0 Å². The number of piperidine rings is 1. The molecular formula is C32H33Cl2N5S. The molecule has 2 atom stereocenters. The molecule has 2 fully saturated rings. The molecule has 206 valence electrons. The number of hydrogen-bond donors (Lipinski definition) is 1. The van der Waals surface area contributed by atoms with Crippen molar-refractivity contribution >= 4 is 51.9 Å². The predicted molar refractivity (Wildman–Crippen MR) is 170 cm³/mol. The van der Waals surface area contributed by atoms with Crippen molar-refractivity contribution in [3.05, 3.63) is 106 Å². The molecule has 0 aliphatic carbocycles. The quantitative estimate of drug-likeness (QED) is 0.237. The van der Waals surface area contributed by atoms with Crippen LogP contribution in [0.25, 0.3) is 5.69 Å². The third-order valence-corrected chi connectivity index (χ3v) is 9.25. The van der Waals surface area contributed by atoms with Crippen LogP contribution in [0.15, 0.2) is 72.9 Å². The molecule has 0 amide bonds. The molecule has 0 bridgehead atoms. The molecule has 2 saturated heterocycles. The first kappa shape index (κ1) is 27.1. The molecular weight excluding hydrogens is 557 g/mol. The van der Waals surface area contributed by atoms with Crippen LogP contribution in [0.5, 0.6) is 0 Å². The molecule has 1 N–H and O–H groups in total. The average molecular weight is 591 g/mol. The maximum Gasteiger partial charge on any atom is 0.174 e. The molecule has 0 radical (unpaired) electrons. The van der Waals surface area contributed by atoms with E-state index in [1.165, 1.54) is 12.8 Å². The maximum absolute atomic E-state index is 6.97. The molecule has 4 aromatic rings. The van der Waals surface area contributed by atoms with Crippen molar-refractivity contribution in [2.45, 2.75) is 45.7 Å². The van der Waals surface area contributed by atoms with Crippen LogP contribution in [0.1, 0.15) is 54.5 Å². The number of nitrogens with one attached hydrogen (secondary N) is 1. The topological polar surface area (TPSA) is 36.3 Å². The summed E-state index contributed by atoms with van der Waals surface area (Å²) in [5.74, 6) is 0.761. The second kappa shape index (κ2) is 11.1. The summed E-state index contributed by atoms with van der Waals surface area (Å²) in [5.41, 5.74) is 7.32. The van der Waals surface area contributed by atoms with Crippen molar-refractivity contribution in [2.75, 3.05) is 22.9 Å². The summed E-state index contributed by atoms with van der Waals surface area (Å²) in [6.07, 6.45) is 4.21.